The number of aromatic nitrogens is 2. The second kappa shape index (κ2) is 2.83. The van der Waals surface area contributed by atoms with Crippen molar-refractivity contribution in [2.75, 3.05) is 6.61 Å². The Balaban J connectivity index is 2.39. The van der Waals surface area contributed by atoms with Crippen LogP contribution in [0.3, 0.4) is 0 Å². The van der Waals surface area contributed by atoms with E-state index < -0.39 is 0 Å². The molecule has 1 aromatic heterocycles. The number of carbonyl (C=O) groups excluding carboxylic acids is 1. The van der Waals surface area contributed by atoms with Gasteiger partial charge in [0.25, 0.3) is 0 Å². The molecule has 0 radical (unpaired) electrons. The monoisotopic (exact) mass is 194 g/mol. The molecule has 0 amide bonds. The molecular weight excluding hydrogens is 180 g/mol. The van der Waals surface area contributed by atoms with Gasteiger partial charge in [-0.05, 0) is 6.92 Å². The molecule has 0 aromatic carbocycles. The third-order valence-corrected chi connectivity index (χ3v) is 2.35. The lowest BCUT2D eigenvalue weighted by Crippen LogP contribution is -2.33. The summed E-state index contributed by atoms with van der Waals surface area (Å²) in [6, 6.07) is 0. The minimum absolute atomic E-state index is 0.00551. The first kappa shape index (κ1) is 9.24. The maximum Gasteiger partial charge on any atom is 0.222 e. The van der Waals surface area contributed by atoms with Crippen molar-refractivity contribution < 1.29 is 9.53 Å². The second-order valence-electron chi connectivity index (χ2n) is 4.53. The molecule has 1 aliphatic rings. The molecule has 0 N–H and O–H groups in total. The highest BCUT2D eigenvalue weighted by Crippen LogP contribution is 2.30. The molecule has 1 aliphatic heterocycles. The maximum atomic E-state index is 11.2. The minimum Gasteiger partial charge on any atom is -0.477 e. The highest BCUT2D eigenvalue weighted by Gasteiger charge is 2.29. The van der Waals surface area contributed by atoms with Crippen LogP contribution in [-0.2, 0) is 6.54 Å². The number of Topliss-reactive ketones (excluding diaryl/α,β-unsaturated/α-hetero) is 1. The molecule has 0 fully saturated rings. The van der Waals surface area contributed by atoms with Gasteiger partial charge in [-0.3, -0.25) is 4.79 Å². The van der Waals surface area contributed by atoms with Gasteiger partial charge in [-0.25, -0.2) is 4.68 Å². The summed E-state index contributed by atoms with van der Waals surface area (Å²) in [4.78, 5) is 11.2. The Morgan fingerprint density at radius 3 is 3.00 bits per heavy atom. The number of ketones is 1. The van der Waals surface area contributed by atoms with E-state index in [4.69, 9.17) is 4.74 Å². The lowest BCUT2D eigenvalue weighted by atomic mass is 9.94. The first-order chi connectivity index (χ1) is 6.49. The molecule has 4 nitrogen and oxygen atoms in total. The first-order valence-electron chi connectivity index (χ1n) is 4.69. The van der Waals surface area contributed by atoms with E-state index in [0.29, 0.717) is 18.1 Å². The molecule has 2 heterocycles. The quantitative estimate of drug-likeness (QED) is 0.636. The predicted octanol–water partition coefficient (Wildman–Crippen LogP) is 1.50. The van der Waals surface area contributed by atoms with Crippen molar-refractivity contribution in [3.05, 3.63) is 11.8 Å². The van der Waals surface area contributed by atoms with Gasteiger partial charge < -0.3 is 4.74 Å². The van der Waals surface area contributed by atoms with Crippen LogP contribution in [0.2, 0.25) is 0 Å². The summed E-state index contributed by atoms with van der Waals surface area (Å²) < 4.78 is 7.31. The average molecular weight is 194 g/mol. The van der Waals surface area contributed by atoms with Gasteiger partial charge in [-0.2, -0.15) is 5.10 Å². The molecule has 0 unspecified atom stereocenters. The van der Waals surface area contributed by atoms with Gasteiger partial charge in [0.15, 0.2) is 5.78 Å². The van der Waals surface area contributed by atoms with Gasteiger partial charge in [-0.15, -0.1) is 0 Å². The first-order valence-corrected chi connectivity index (χ1v) is 4.69. The standard InChI is InChI=1S/C10H14N2O2/c1-7(13)8-4-11-12-5-10(2,3)6-14-9(8)12/h4H,5-6H2,1-3H3. The largest absolute Gasteiger partial charge is 0.477 e. The van der Waals surface area contributed by atoms with Crippen molar-refractivity contribution >= 4 is 5.78 Å². The SMILES string of the molecule is CC(=O)c1cnn2c1OCC(C)(C)C2. The van der Waals surface area contributed by atoms with E-state index >= 15 is 0 Å². The topological polar surface area (TPSA) is 44.1 Å². The minimum atomic E-state index is 0.00551. The van der Waals surface area contributed by atoms with Crippen molar-refractivity contribution in [2.45, 2.75) is 27.3 Å². The molecule has 0 spiro atoms. The number of hydrogen-bond donors (Lipinski definition) is 0. The van der Waals surface area contributed by atoms with E-state index in [0.717, 1.165) is 6.54 Å². The van der Waals surface area contributed by atoms with Gasteiger partial charge in [0, 0.05) is 5.41 Å². The van der Waals surface area contributed by atoms with Crippen molar-refractivity contribution in [3.8, 4) is 5.88 Å². The molecule has 0 bridgehead atoms. The summed E-state index contributed by atoms with van der Waals surface area (Å²) in [5.41, 5.74) is 0.674. The number of fused-ring (bicyclic) bond motifs is 1. The summed E-state index contributed by atoms with van der Waals surface area (Å²) in [6.07, 6.45) is 1.58. The van der Waals surface area contributed by atoms with Crippen molar-refractivity contribution in [1.29, 1.82) is 0 Å². The van der Waals surface area contributed by atoms with Crippen molar-refractivity contribution in [1.82, 2.24) is 9.78 Å². The Labute approximate surface area is 82.9 Å². The van der Waals surface area contributed by atoms with Crippen LogP contribution in [-0.4, -0.2) is 22.2 Å². The lowest BCUT2D eigenvalue weighted by molar-refractivity contribution is 0.0926. The molecule has 0 saturated heterocycles. The lowest BCUT2D eigenvalue weighted by Gasteiger charge is -2.30. The molecule has 0 aliphatic carbocycles. The third-order valence-electron chi connectivity index (χ3n) is 2.35. The Hall–Kier alpha value is -1.32. The van der Waals surface area contributed by atoms with E-state index in [1.807, 2.05) is 0 Å². The fourth-order valence-corrected chi connectivity index (χ4v) is 1.60. The highest BCUT2D eigenvalue weighted by molar-refractivity contribution is 5.96. The molecule has 1 aromatic rings. The molecule has 14 heavy (non-hydrogen) atoms. The second-order valence-corrected chi connectivity index (χ2v) is 4.53. The number of ether oxygens (including phenoxy) is 1. The van der Waals surface area contributed by atoms with Gasteiger partial charge in [-0.1, -0.05) is 13.8 Å². The predicted molar refractivity (Wildman–Crippen MR) is 51.5 cm³/mol. The van der Waals surface area contributed by atoms with E-state index in [1.54, 1.807) is 10.9 Å². The number of hydrogen-bond acceptors (Lipinski definition) is 3. The summed E-state index contributed by atoms with van der Waals surface area (Å²) in [5, 5.41) is 4.14. The van der Waals surface area contributed by atoms with Crippen molar-refractivity contribution in [3.63, 3.8) is 0 Å². The van der Waals surface area contributed by atoms with Gasteiger partial charge in [0.05, 0.1) is 24.9 Å². The van der Waals surface area contributed by atoms with E-state index in [1.165, 1.54) is 6.92 Å². The average Bonchev–Trinajstić information content (AvgIpc) is 2.44. The summed E-state index contributed by atoms with van der Waals surface area (Å²) in [6.45, 7) is 7.20. The van der Waals surface area contributed by atoms with Crippen LogP contribution in [0.1, 0.15) is 31.1 Å². The zero-order valence-electron chi connectivity index (χ0n) is 8.70. The van der Waals surface area contributed by atoms with E-state index in [2.05, 4.69) is 18.9 Å². The fraction of sp³-hybridized carbons (Fsp3) is 0.600. The number of rotatable bonds is 1. The Kier molecular flexibility index (Phi) is 1.87. The van der Waals surface area contributed by atoms with Crippen molar-refractivity contribution in [2.24, 2.45) is 5.41 Å². The maximum absolute atomic E-state index is 11.2. The van der Waals surface area contributed by atoms with Crippen LogP contribution in [0.15, 0.2) is 6.20 Å². The third kappa shape index (κ3) is 1.41. The fourth-order valence-electron chi connectivity index (χ4n) is 1.60. The van der Waals surface area contributed by atoms with Crippen LogP contribution >= 0.6 is 0 Å². The Morgan fingerprint density at radius 2 is 2.36 bits per heavy atom. The van der Waals surface area contributed by atoms with Crippen LogP contribution in [0.4, 0.5) is 0 Å². The van der Waals surface area contributed by atoms with Crippen LogP contribution in [0, 0.1) is 5.41 Å². The van der Waals surface area contributed by atoms with E-state index in [9.17, 15) is 4.79 Å². The molecule has 0 saturated carbocycles. The summed E-state index contributed by atoms with van der Waals surface area (Å²) >= 11 is 0. The van der Waals surface area contributed by atoms with Crippen LogP contribution in [0.25, 0.3) is 0 Å². The van der Waals surface area contributed by atoms with Gasteiger partial charge in [0.1, 0.15) is 0 Å². The highest BCUT2D eigenvalue weighted by atomic mass is 16.5. The number of carbonyl (C=O) groups is 1. The van der Waals surface area contributed by atoms with Gasteiger partial charge >= 0.3 is 0 Å². The summed E-state index contributed by atoms with van der Waals surface area (Å²) in [5.74, 6) is 0.628. The zero-order chi connectivity index (χ0) is 10.3. The Bertz CT molecular complexity index is 379. The normalized spacial score (nSPS) is 18.5. The smallest absolute Gasteiger partial charge is 0.222 e. The molecule has 4 heteroatoms. The molecule has 76 valence electrons. The number of nitrogens with zero attached hydrogens (tertiary/aromatic N) is 2. The van der Waals surface area contributed by atoms with E-state index in [-0.39, 0.29) is 11.2 Å². The molecule has 0 atom stereocenters. The molecular formula is C10H14N2O2. The van der Waals surface area contributed by atoms with Crippen LogP contribution in [0.5, 0.6) is 5.88 Å². The Morgan fingerprint density at radius 1 is 1.64 bits per heavy atom. The summed E-state index contributed by atoms with van der Waals surface area (Å²) in [7, 11) is 0. The molecule has 2 rings (SSSR count). The zero-order valence-corrected chi connectivity index (χ0v) is 8.70. The van der Waals surface area contributed by atoms with Crippen LogP contribution < -0.4 is 4.74 Å². The van der Waals surface area contributed by atoms with Gasteiger partial charge in [0.2, 0.25) is 5.88 Å².